The van der Waals surface area contributed by atoms with Gasteiger partial charge >= 0.3 is 0 Å². The quantitative estimate of drug-likeness (QED) is 0.677. The summed E-state index contributed by atoms with van der Waals surface area (Å²) in [6.45, 7) is 2.30. The number of carbonyl (C=O) groups excluding carboxylic acids is 2. The molecule has 0 bridgehead atoms. The predicted molar refractivity (Wildman–Crippen MR) is 119 cm³/mol. The summed E-state index contributed by atoms with van der Waals surface area (Å²) in [7, 11) is 0. The average molecular weight is 407 g/mol. The first-order valence-electron chi connectivity index (χ1n) is 12.0. The fraction of sp³-hybridized carbons (Fsp3) is 0.615. The van der Waals surface area contributed by atoms with E-state index in [0.29, 0.717) is 19.0 Å². The number of nitrogens with zero attached hydrogens (tertiary/aromatic N) is 2. The topological polar surface area (TPSA) is 40.6 Å². The zero-order valence-corrected chi connectivity index (χ0v) is 18.0. The molecule has 1 spiro atoms. The molecule has 2 aliphatic heterocycles. The molecule has 4 heteroatoms. The van der Waals surface area contributed by atoms with Crippen LogP contribution in [0, 0.1) is 5.92 Å². The van der Waals surface area contributed by atoms with Gasteiger partial charge in [0.25, 0.3) is 0 Å². The lowest BCUT2D eigenvalue weighted by Gasteiger charge is -2.43. The second kappa shape index (κ2) is 8.20. The van der Waals surface area contributed by atoms with Crippen LogP contribution in [0.5, 0.6) is 0 Å². The summed E-state index contributed by atoms with van der Waals surface area (Å²) in [5.74, 6) is 0.550. The Balaban J connectivity index is 1.23. The number of allylic oxidation sites excluding steroid dienone is 1. The Morgan fingerprint density at radius 3 is 2.47 bits per heavy atom. The molecule has 1 saturated carbocycles. The first-order valence-corrected chi connectivity index (χ1v) is 12.0. The van der Waals surface area contributed by atoms with E-state index in [1.54, 1.807) is 0 Å². The lowest BCUT2D eigenvalue weighted by Crippen LogP contribution is -2.52. The summed E-state index contributed by atoms with van der Waals surface area (Å²) >= 11 is 0. The number of hydrogen-bond donors (Lipinski definition) is 0. The van der Waals surface area contributed by atoms with Gasteiger partial charge in [0.05, 0.1) is 5.92 Å². The molecule has 1 atom stereocenters. The van der Waals surface area contributed by atoms with Crippen molar-refractivity contribution in [2.75, 3.05) is 19.6 Å². The SMILES string of the molecule is O=C(C1CCC(=O)N(C2CCCCCC2)C1)N1CCC2(C=Cc3ccccc32)CC1. The molecule has 1 aromatic rings. The van der Waals surface area contributed by atoms with E-state index < -0.39 is 0 Å². The van der Waals surface area contributed by atoms with Crippen LogP contribution < -0.4 is 0 Å². The van der Waals surface area contributed by atoms with Crippen LogP contribution in [-0.4, -0.2) is 47.3 Å². The Kier molecular flexibility index (Phi) is 5.43. The molecule has 3 fully saturated rings. The van der Waals surface area contributed by atoms with E-state index in [1.807, 2.05) is 0 Å². The molecule has 1 aromatic carbocycles. The molecule has 2 heterocycles. The van der Waals surface area contributed by atoms with Crippen LogP contribution in [0.15, 0.2) is 30.3 Å². The van der Waals surface area contributed by atoms with Gasteiger partial charge in [0.15, 0.2) is 0 Å². The molecule has 0 aromatic heterocycles. The minimum atomic E-state index is -0.00795. The van der Waals surface area contributed by atoms with Crippen LogP contribution in [0.3, 0.4) is 0 Å². The van der Waals surface area contributed by atoms with Crippen molar-refractivity contribution in [1.82, 2.24) is 9.80 Å². The lowest BCUT2D eigenvalue weighted by molar-refractivity contribution is -0.145. The van der Waals surface area contributed by atoms with Crippen LogP contribution in [0.1, 0.15) is 75.3 Å². The summed E-state index contributed by atoms with van der Waals surface area (Å²) in [5.41, 5.74) is 2.88. The first-order chi connectivity index (χ1) is 14.7. The van der Waals surface area contributed by atoms with Gasteiger partial charge in [-0.3, -0.25) is 9.59 Å². The zero-order chi connectivity index (χ0) is 20.6. The van der Waals surface area contributed by atoms with Crippen LogP contribution >= 0.6 is 0 Å². The molecule has 0 radical (unpaired) electrons. The first kappa shape index (κ1) is 19.8. The average Bonchev–Trinajstić information content (AvgIpc) is 2.95. The molecule has 4 nitrogen and oxygen atoms in total. The van der Waals surface area contributed by atoms with Crippen molar-refractivity contribution in [3.05, 3.63) is 41.5 Å². The number of piperidine rings is 2. The van der Waals surface area contributed by atoms with Gasteiger partial charge in [-0.1, -0.05) is 62.1 Å². The summed E-state index contributed by atoms with van der Waals surface area (Å²) < 4.78 is 0. The summed E-state index contributed by atoms with van der Waals surface area (Å²) in [6, 6.07) is 9.04. The van der Waals surface area contributed by atoms with E-state index in [2.05, 4.69) is 46.2 Å². The number of fused-ring (bicyclic) bond motifs is 2. The second-order valence-electron chi connectivity index (χ2n) is 9.83. The van der Waals surface area contributed by atoms with Gasteiger partial charge in [-0.25, -0.2) is 0 Å². The highest BCUT2D eigenvalue weighted by Crippen LogP contribution is 2.44. The van der Waals surface area contributed by atoms with E-state index in [1.165, 1.54) is 36.8 Å². The van der Waals surface area contributed by atoms with Gasteiger partial charge in [0.2, 0.25) is 11.8 Å². The van der Waals surface area contributed by atoms with Crippen LogP contribution in [0.2, 0.25) is 0 Å². The van der Waals surface area contributed by atoms with Gasteiger partial charge in [-0.05, 0) is 43.2 Å². The lowest BCUT2D eigenvalue weighted by atomic mass is 9.74. The second-order valence-corrected chi connectivity index (χ2v) is 9.83. The molecule has 4 aliphatic rings. The maximum atomic E-state index is 13.4. The van der Waals surface area contributed by atoms with Gasteiger partial charge in [-0.2, -0.15) is 0 Å². The van der Waals surface area contributed by atoms with Crippen LogP contribution in [0.25, 0.3) is 6.08 Å². The molecular weight excluding hydrogens is 372 g/mol. The van der Waals surface area contributed by atoms with Crippen molar-refractivity contribution in [2.45, 2.75) is 75.7 Å². The minimum absolute atomic E-state index is 0.00795. The predicted octanol–water partition coefficient (Wildman–Crippen LogP) is 4.54. The highest BCUT2D eigenvalue weighted by Gasteiger charge is 2.41. The van der Waals surface area contributed by atoms with Crippen molar-refractivity contribution >= 4 is 17.9 Å². The largest absolute Gasteiger partial charge is 0.342 e. The third-order valence-corrected chi connectivity index (χ3v) is 8.11. The number of benzene rings is 1. The van der Waals surface area contributed by atoms with Gasteiger partial charge in [0, 0.05) is 37.5 Å². The normalized spacial score (nSPS) is 26.7. The Morgan fingerprint density at radius 2 is 1.70 bits per heavy atom. The molecular formula is C26H34N2O2. The molecule has 5 rings (SSSR count). The van der Waals surface area contributed by atoms with E-state index in [-0.39, 0.29) is 23.1 Å². The van der Waals surface area contributed by atoms with Crippen LogP contribution in [-0.2, 0) is 15.0 Å². The molecule has 2 amide bonds. The minimum Gasteiger partial charge on any atom is -0.342 e. The highest BCUT2D eigenvalue weighted by atomic mass is 16.2. The standard InChI is InChI=1S/C26H34N2O2/c29-24-12-11-21(19-28(24)22-8-3-1-2-4-9-22)25(30)27-17-15-26(16-18-27)14-13-20-7-5-6-10-23(20)26/h5-7,10,13-14,21-22H,1-4,8-9,11-12,15-19H2. The monoisotopic (exact) mass is 406 g/mol. The number of amides is 2. The Morgan fingerprint density at radius 1 is 0.967 bits per heavy atom. The third kappa shape index (κ3) is 3.59. The summed E-state index contributed by atoms with van der Waals surface area (Å²) in [5, 5.41) is 0. The fourth-order valence-electron chi connectivity index (χ4n) is 6.25. The number of rotatable bonds is 2. The smallest absolute Gasteiger partial charge is 0.227 e. The van der Waals surface area contributed by atoms with Crippen molar-refractivity contribution in [2.24, 2.45) is 5.92 Å². The third-order valence-electron chi connectivity index (χ3n) is 8.11. The summed E-state index contributed by atoms with van der Waals surface area (Å²) in [6.07, 6.45) is 15.1. The fourth-order valence-corrected chi connectivity index (χ4v) is 6.25. The van der Waals surface area contributed by atoms with Gasteiger partial charge < -0.3 is 9.80 Å². The molecule has 0 N–H and O–H groups in total. The van der Waals surface area contributed by atoms with E-state index >= 15 is 0 Å². The maximum absolute atomic E-state index is 13.4. The van der Waals surface area contributed by atoms with E-state index in [0.717, 1.165) is 45.2 Å². The highest BCUT2D eigenvalue weighted by molar-refractivity contribution is 5.84. The molecule has 2 aliphatic carbocycles. The number of likely N-dealkylation sites (tertiary alicyclic amines) is 2. The van der Waals surface area contributed by atoms with Crippen molar-refractivity contribution in [3.8, 4) is 0 Å². The molecule has 2 saturated heterocycles. The van der Waals surface area contributed by atoms with Crippen molar-refractivity contribution in [1.29, 1.82) is 0 Å². The van der Waals surface area contributed by atoms with E-state index in [9.17, 15) is 9.59 Å². The van der Waals surface area contributed by atoms with Gasteiger partial charge in [-0.15, -0.1) is 0 Å². The zero-order valence-electron chi connectivity index (χ0n) is 18.0. The molecule has 160 valence electrons. The summed E-state index contributed by atoms with van der Waals surface area (Å²) in [4.78, 5) is 30.2. The number of carbonyl (C=O) groups is 2. The Labute approximate surface area is 180 Å². The van der Waals surface area contributed by atoms with Crippen molar-refractivity contribution in [3.63, 3.8) is 0 Å². The van der Waals surface area contributed by atoms with Crippen LogP contribution in [0.4, 0.5) is 0 Å². The molecule has 30 heavy (non-hydrogen) atoms. The van der Waals surface area contributed by atoms with Gasteiger partial charge in [0.1, 0.15) is 0 Å². The number of hydrogen-bond acceptors (Lipinski definition) is 2. The Bertz CT molecular complexity index is 829. The Hall–Kier alpha value is -2.10. The molecule has 1 unspecified atom stereocenters. The van der Waals surface area contributed by atoms with Crippen molar-refractivity contribution < 1.29 is 9.59 Å². The maximum Gasteiger partial charge on any atom is 0.227 e. The van der Waals surface area contributed by atoms with E-state index in [4.69, 9.17) is 0 Å².